The zero-order valence-electron chi connectivity index (χ0n) is 14.4. The molecule has 130 valence electrons. The highest BCUT2D eigenvalue weighted by atomic mass is 16.5. The van der Waals surface area contributed by atoms with Gasteiger partial charge in [0.1, 0.15) is 18.4 Å². The van der Waals surface area contributed by atoms with Gasteiger partial charge in [-0.1, -0.05) is 12.1 Å². The first-order valence-corrected chi connectivity index (χ1v) is 8.26. The van der Waals surface area contributed by atoms with E-state index in [1.54, 1.807) is 11.0 Å². The molecule has 0 bridgehead atoms. The van der Waals surface area contributed by atoms with E-state index in [9.17, 15) is 5.11 Å². The number of nitrogens with zero attached hydrogens (tertiary/aromatic N) is 3. The molecule has 0 unspecified atom stereocenters. The molecule has 3 rings (SSSR count). The van der Waals surface area contributed by atoms with Gasteiger partial charge in [0.05, 0.1) is 18.9 Å². The Hall–Kier alpha value is -2.86. The molecule has 0 atom stereocenters. The lowest BCUT2D eigenvalue weighted by molar-refractivity contribution is 0.267. The number of rotatable bonds is 7. The second kappa shape index (κ2) is 7.81. The van der Waals surface area contributed by atoms with E-state index in [2.05, 4.69) is 34.5 Å². The SMILES string of the molecule is CCOc1ccc(NCc2ccc(-n3cncn3)c(C)c2)cc1CO. The van der Waals surface area contributed by atoms with Gasteiger partial charge in [-0.05, 0) is 49.2 Å². The van der Waals surface area contributed by atoms with Crippen LogP contribution in [0.4, 0.5) is 5.69 Å². The van der Waals surface area contributed by atoms with Crippen LogP contribution in [0.3, 0.4) is 0 Å². The molecule has 0 aliphatic carbocycles. The minimum absolute atomic E-state index is 0.0451. The minimum atomic E-state index is -0.0451. The number of aliphatic hydroxyl groups excluding tert-OH is 1. The Morgan fingerprint density at radius 2 is 2.08 bits per heavy atom. The van der Waals surface area contributed by atoms with Crippen molar-refractivity contribution in [2.24, 2.45) is 0 Å². The van der Waals surface area contributed by atoms with Gasteiger partial charge in [0, 0.05) is 17.8 Å². The Kier molecular flexibility index (Phi) is 5.30. The van der Waals surface area contributed by atoms with Crippen LogP contribution in [0.1, 0.15) is 23.6 Å². The fourth-order valence-electron chi connectivity index (χ4n) is 2.73. The quantitative estimate of drug-likeness (QED) is 0.693. The average Bonchev–Trinajstić information content (AvgIpc) is 3.15. The minimum Gasteiger partial charge on any atom is -0.494 e. The van der Waals surface area contributed by atoms with Gasteiger partial charge in [0.25, 0.3) is 0 Å². The number of anilines is 1. The highest BCUT2D eigenvalue weighted by Gasteiger charge is 2.06. The Bertz CT molecular complexity index is 831. The van der Waals surface area contributed by atoms with Gasteiger partial charge in [0.15, 0.2) is 0 Å². The third-order valence-corrected chi connectivity index (χ3v) is 3.95. The van der Waals surface area contributed by atoms with Crippen LogP contribution in [0.25, 0.3) is 5.69 Å². The molecule has 0 amide bonds. The molecule has 2 N–H and O–H groups in total. The van der Waals surface area contributed by atoms with Crippen molar-refractivity contribution in [3.63, 3.8) is 0 Å². The number of hydrogen-bond acceptors (Lipinski definition) is 5. The van der Waals surface area contributed by atoms with Gasteiger partial charge in [-0.2, -0.15) is 5.10 Å². The molecule has 6 heteroatoms. The van der Waals surface area contributed by atoms with Gasteiger partial charge in [-0.25, -0.2) is 9.67 Å². The van der Waals surface area contributed by atoms with Crippen LogP contribution < -0.4 is 10.1 Å². The molecule has 0 aliphatic rings. The molecule has 0 radical (unpaired) electrons. The normalized spacial score (nSPS) is 10.7. The van der Waals surface area contributed by atoms with Crippen LogP contribution in [0.5, 0.6) is 5.75 Å². The van der Waals surface area contributed by atoms with Crippen molar-refractivity contribution >= 4 is 5.69 Å². The van der Waals surface area contributed by atoms with Gasteiger partial charge in [0.2, 0.25) is 0 Å². The molecule has 0 aliphatic heterocycles. The maximum Gasteiger partial charge on any atom is 0.138 e. The van der Waals surface area contributed by atoms with Crippen molar-refractivity contribution < 1.29 is 9.84 Å². The van der Waals surface area contributed by atoms with E-state index >= 15 is 0 Å². The standard InChI is InChI=1S/C19H22N4O2/c1-3-25-19-7-5-17(9-16(19)11-24)21-10-15-4-6-18(14(2)8-15)23-13-20-12-22-23/h4-9,12-13,21,24H,3,10-11H2,1-2H3. The summed E-state index contributed by atoms with van der Waals surface area (Å²) in [5, 5.41) is 17.0. The first-order chi connectivity index (χ1) is 12.2. The summed E-state index contributed by atoms with van der Waals surface area (Å²) in [5.74, 6) is 0.726. The smallest absolute Gasteiger partial charge is 0.138 e. The Morgan fingerprint density at radius 1 is 1.20 bits per heavy atom. The number of benzene rings is 2. The summed E-state index contributed by atoms with van der Waals surface area (Å²) in [7, 11) is 0. The summed E-state index contributed by atoms with van der Waals surface area (Å²) in [4.78, 5) is 3.98. The van der Waals surface area contributed by atoms with Crippen LogP contribution in [-0.2, 0) is 13.2 Å². The first kappa shape index (κ1) is 17.0. The highest BCUT2D eigenvalue weighted by molar-refractivity contribution is 5.52. The molecular formula is C19H22N4O2. The molecule has 1 heterocycles. The molecule has 3 aromatic rings. The van der Waals surface area contributed by atoms with E-state index < -0.39 is 0 Å². The van der Waals surface area contributed by atoms with Crippen LogP contribution in [0.2, 0.25) is 0 Å². The molecule has 0 saturated carbocycles. The zero-order chi connectivity index (χ0) is 17.6. The fraction of sp³-hybridized carbons (Fsp3) is 0.263. The van der Waals surface area contributed by atoms with Gasteiger partial charge >= 0.3 is 0 Å². The van der Waals surface area contributed by atoms with E-state index in [1.807, 2.05) is 31.2 Å². The van der Waals surface area contributed by atoms with Gasteiger partial charge in [-0.15, -0.1) is 0 Å². The Morgan fingerprint density at radius 3 is 2.76 bits per heavy atom. The summed E-state index contributed by atoms with van der Waals surface area (Å²) in [6.45, 7) is 5.21. The molecule has 0 fully saturated rings. The van der Waals surface area contributed by atoms with Gasteiger partial charge < -0.3 is 15.2 Å². The Labute approximate surface area is 147 Å². The van der Waals surface area contributed by atoms with Crippen LogP contribution in [0.15, 0.2) is 49.1 Å². The van der Waals surface area contributed by atoms with E-state index in [-0.39, 0.29) is 6.61 Å². The number of ether oxygens (including phenoxy) is 1. The summed E-state index contributed by atoms with van der Waals surface area (Å²) in [5.41, 5.74) is 5.05. The lowest BCUT2D eigenvalue weighted by Crippen LogP contribution is -2.03. The summed E-state index contributed by atoms with van der Waals surface area (Å²) < 4.78 is 7.27. The molecular weight excluding hydrogens is 316 g/mol. The second-order valence-corrected chi connectivity index (χ2v) is 5.73. The van der Waals surface area contributed by atoms with Crippen molar-refractivity contribution in [3.8, 4) is 11.4 Å². The highest BCUT2D eigenvalue weighted by Crippen LogP contribution is 2.24. The fourth-order valence-corrected chi connectivity index (χ4v) is 2.73. The van der Waals surface area contributed by atoms with Crippen molar-refractivity contribution in [1.82, 2.24) is 14.8 Å². The molecule has 25 heavy (non-hydrogen) atoms. The molecule has 2 aromatic carbocycles. The maximum absolute atomic E-state index is 9.49. The van der Waals surface area contributed by atoms with Crippen molar-refractivity contribution in [2.75, 3.05) is 11.9 Å². The lowest BCUT2D eigenvalue weighted by Gasteiger charge is -2.13. The zero-order valence-corrected chi connectivity index (χ0v) is 14.4. The third kappa shape index (κ3) is 3.97. The average molecular weight is 338 g/mol. The lowest BCUT2D eigenvalue weighted by atomic mass is 10.1. The topological polar surface area (TPSA) is 72.2 Å². The van der Waals surface area contributed by atoms with Crippen molar-refractivity contribution in [2.45, 2.75) is 27.0 Å². The van der Waals surface area contributed by atoms with Crippen molar-refractivity contribution in [1.29, 1.82) is 0 Å². The predicted octanol–water partition coefficient (Wildman–Crippen LogP) is 3.08. The molecule has 0 saturated heterocycles. The number of aromatic nitrogens is 3. The number of aliphatic hydroxyl groups is 1. The molecule has 0 spiro atoms. The van der Waals surface area contributed by atoms with Gasteiger partial charge in [-0.3, -0.25) is 0 Å². The van der Waals surface area contributed by atoms with E-state index in [4.69, 9.17) is 4.74 Å². The predicted molar refractivity (Wildman–Crippen MR) is 97.0 cm³/mol. The van der Waals surface area contributed by atoms with Crippen LogP contribution in [-0.4, -0.2) is 26.5 Å². The second-order valence-electron chi connectivity index (χ2n) is 5.73. The van der Waals surface area contributed by atoms with E-state index in [0.717, 1.165) is 28.3 Å². The molecule has 6 nitrogen and oxygen atoms in total. The molecule has 1 aromatic heterocycles. The summed E-state index contributed by atoms with van der Waals surface area (Å²) in [6.07, 6.45) is 3.22. The third-order valence-electron chi connectivity index (χ3n) is 3.95. The largest absolute Gasteiger partial charge is 0.494 e. The Balaban J connectivity index is 1.70. The summed E-state index contributed by atoms with van der Waals surface area (Å²) >= 11 is 0. The number of nitrogens with one attached hydrogen (secondary N) is 1. The number of hydrogen-bond donors (Lipinski definition) is 2. The van der Waals surface area contributed by atoms with Crippen LogP contribution in [0, 0.1) is 6.92 Å². The van der Waals surface area contributed by atoms with Crippen molar-refractivity contribution in [3.05, 3.63) is 65.7 Å². The maximum atomic E-state index is 9.49. The van der Waals surface area contributed by atoms with Crippen LogP contribution >= 0.6 is 0 Å². The van der Waals surface area contributed by atoms with E-state index in [1.165, 1.54) is 11.9 Å². The summed E-state index contributed by atoms with van der Waals surface area (Å²) in [6, 6.07) is 12.0. The monoisotopic (exact) mass is 338 g/mol. The first-order valence-electron chi connectivity index (χ1n) is 8.26. The van der Waals surface area contributed by atoms with E-state index in [0.29, 0.717) is 13.2 Å². The number of aryl methyl sites for hydroxylation is 1.